The first-order valence-electron chi connectivity index (χ1n) is 15.9. The number of hydrogen-bond acceptors (Lipinski definition) is 5. The van der Waals surface area contributed by atoms with Crippen LogP contribution in [-0.2, 0) is 27.3 Å². The van der Waals surface area contributed by atoms with Gasteiger partial charge in [-0.05, 0) is 73.4 Å². The van der Waals surface area contributed by atoms with Crippen LogP contribution >= 0.6 is 12.4 Å². The zero-order chi connectivity index (χ0) is 30.4. The van der Waals surface area contributed by atoms with E-state index in [0.717, 1.165) is 56.1 Å². The van der Waals surface area contributed by atoms with Crippen molar-refractivity contribution in [3.05, 3.63) is 65.5 Å². The third kappa shape index (κ3) is 7.79. The maximum absolute atomic E-state index is 13.8. The summed E-state index contributed by atoms with van der Waals surface area (Å²) in [7, 11) is 0. The summed E-state index contributed by atoms with van der Waals surface area (Å²) in [4.78, 5) is 44.1. The predicted molar refractivity (Wildman–Crippen MR) is 171 cm³/mol. The van der Waals surface area contributed by atoms with Gasteiger partial charge in [0.25, 0.3) is 0 Å². The Morgan fingerprint density at radius 2 is 1.66 bits per heavy atom. The van der Waals surface area contributed by atoms with E-state index in [2.05, 4.69) is 22.5 Å². The SMILES string of the molecule is CCCCN1C(=O)[C@@H]([C@H](O)C2CCCCC2)NC(=O)C12CCN(Cc1ccc(NC(=O)Cc3ccc(F)cc3)cc1)CC2.Cl. The summed E-state index contributed by atoms with van der Waals surface area (Å²) >= 11 is 0. The van der Waals surface area contributed by atoms with E-state index in [1.807, 2.05) is 29.2 Å². The van der Waals surface area contributed by atoms with Crippen LogP contribution in [0.4, 0.5) is 10.1 Å². The van der Waals surface area contributed by atoms with Gasteiger partial charge in [0.2, 0.25) is 17.7 Å². The molecule has 10 heteroatoms. The maximum atomic E-state index is 13.8. The van der Waals surface area contributed by atoms with E-state index in [1.54, 1.807) is 12.1 Å². The van der Waals surface area contributed by atoms with E-state index in [1.165, 1.54) is 12.1 Å². The molecule has 240 valence electrons. The summed E-state index contributed by atoms with van der Waals surface area (Å²) in [6.07, 6.45) is 7.27. The van der Waals surface area contributed by atoms with Gasteiger partial charge in [-0.3, -0.25) is 19.3 Å². The lowest BCUT2D eigenvalue weighted by atomic mass is 9.78. The van der Waals surface area contributed by atoms with Gasteiger partial charge in [-0.15, -0.1) is 12.4 Å². The van der Waals surface area contributed by atoms with Gasteiger partial charge in [-0.1, -0.05) is 56.9 Å². The molecule has 2 aromatic rings. The molecule has 2 saturated heterocycles. The van der Waals surface area contributed by atoms with Crippen molar-refractivity contribution in [2.75, 3.05) is 25.0 Å². The normalized spacial score (nSPS) is 21.4. The van der Waals surface area contributed by atoms with Crippen LogP contribution in [0.15, 0.2) is 48.5 Å². The Balaban J connectivity index is 0.00000442. The monoisotopic (exact) mass is 628 g/mol. The number of unbranched alkanes of at least 4 members (excludes halogenated alkanes) is 1. The summed E-state index contributed by atoms with van der Waals surface area (Å²) in [5, 5.41) is 17.0. The molecule has 0 aromatic heterocycles. The second-order valence-electron chi connectivity index (χ2n) is 12.5. The van der Waals surface area contributed by atoms with Crippen molar-refractivity contribution in [3.8, 4) is 0 Å². The average molecular weight is 629 g/mol. The lowest BCUT2D eigenvalue weighted by molar-refractivity contribution is -0.166. The highest BCUT2D eigenvalue weighted by Crippen LogP contribution is 2.36. The Bertz CT molecular complexity index is 1260. The lowest BCUT2D eigenvalue weighted by Crippen LogP contribution is -2.75. The summed E-state index contributed by atoms with van der Waals surface area (Å²) in [6.45, 7) is 4.67. The molecular weight excluding hydrogens is 583 g/mol. The minimum atomic E-state index is -0.871. The molecule has 1 saturated carbocycles. The van der Waals surface area contributed by atoms with Gasteiger partial charge >= 0.3 is 0 Å². The van der Waals surface area contributed by atoms with Crippen LogP contribution < -0.4 is 10.6 Å². The Kier molecular flexibility index (Phi) is 11.8. The molecule has 1 spiro atoms. The highest BCUT2D eigenvalue weighted by Gasteiger charge is 2.55. The second kappa shape index (κ2) is 15.3. The Morgan fingerprint density at radius 3 is 2.30 bits per heavy atom. The second-order valence-corrected chi connectivity index (χ2v) is 12.5. The van der Waals surface area contributed by atoms with E-state index in [0.29, 0.717) is 44.7 Å². The van der Waals surface area contributed by atoms with Gasteiger partial charge in [0.15, 0.2) is 0 Å². The molecule has 2 aliphatic heterocycles. The van der Waals surface area contributed by atoms with Crippen LogP contribution in [0.3, 0.4) is 0 Å². The van der Waals surface area contributed by atoms with Crippen molar-refractivity contribution in [2.24, 2.45) is 5.92 Å². The fraction of sp³-hybridized carbons (Fsp3) is 0.559. The van der Waals surface area contributed by atoms with Crippen molar-refractivity contribution < 1.29 is 23.9 Å². The van der Waals surface area contributed by atoms with Crippen molar-refractivity contribution in [1.29, 1.82) is 0 Å². The van der Waals surface area contributed by atoms with Crippen molar-refractivity contribution in [3.63, 3.8) is 0 Å². The molecule has 0 radical (unpaired) electrons. The number of rotatable bonds is 10. The van der Waals surface area contributed by atoms with Crippen LogP contribution in [0.2, 0.25) is 0 Å². The fourth-order valence-corrected chi connectivity index (χ4v) is 6.98. The first-order valence-corrected chi connectivity index (χ1v) is 15.9. The van der Waals surface area contributed by atoms with Gasteiger partial charge in [0, 0.05) is 31.9 Å². The Labute approximate surface area is 266 Å². The first-order chi connectivity index (χ1) is 20.8. The Hall–Kier alpha value is -3.01. The number of piperidine rings is 1. The molecule has 1 aliphatic carbocycles. The molecule has 3 aliphatic rings. The van der Waals surface area contributed by atoms with Crippen molar-refractivity contribution in [2.45, 2.75) is 95.4 Å². The number of anilines is 1. The van der Waals surface area contributed by atoms with Gasteiger partial charge in [0.1, 0.15) is 17.4 Å². The smallest absolute Gasteiger partial charge is 0.248 e. The Morgan fingerprint density at radius 1 is 1.02 bits per heavy atom. The topological polar surface area (TPSA) is 102 Å². The third-order valence-corrected chi connectivity index (χ3v) is 9.57. The molecule has 3 fully saturated rings. The van der Waals surface area contributed by atoms with E-state index < -0.39 is 17.7 Å². The van der Waals surface area contributed by atoms with E-state index in [4.69, 9.17) is 0 Å². The third-order valence-electron chi connectivity index (χ3n) is 9.57. The molecule has 2 aromatic carbocycles. The lowest BCUT2D eigenvalue weighted by Gasteiger charge is -2.52. The molecule has 8 nitrogen and oxygen atoms in total. The summed E-state index contributed by atoms with van der Waals surface area (Å²) < 4.78 is 13.1. The minimum Gasteiger partial charge on any atom is -0.390 e. The fourth-order valence-electron chi connectivity index (χ4n) is 6.98. The van der Waals surface area contributed by atoms with Crippen LogP contribution in [0.1, 0.15) is 75.8 Å². The summed E-state index contributed by atoms with van der Waals surface area (Å²) in [6, 6.07) is 12.8. The molecule has 2 heterocycles. The number of nitrogens with one attached hydrogen (secondary N) is 2. The molecule has 44 heavy (non-hydrogen) atoms. The summed E-state index contributed by atoms with van der Waals surface area (Å²) in [5.41, 5.74) is 1.66. The molecule has 2 atom stereocenters. The summed E-state index contributed by atoms with van der Waals surface area (Å²) in [5.74, 6) is -0.685. The highest BCUT2D eigenvalue weighted by atomic mass is 35.5. The average Bonchev–Trinajstić information content (AvgIpc) is 3.02. The van der Waals surface area contributed by atoms with Gasteiger partial charge in [-0.2, -0.15) is 0 Å². The number of carbonyl (C=O) groups excluding carboxylic acids is 3. The highest BCUT2D eigenvalue weighted by molar-refractivity contribution is 6.00. The zero-order valence-corrected chi connectivity index (χ0v) is 26.4. The number of carbonyl (C=O) groups is 3. The predicted octanol–water partition coefficient (Wildman–Crippen LogP) is 4.83. The van der Waals surface area contributed by atoms with Gasteiger partial charge < -0.3 is 20.6 Å². The number of hydrogen-bond donors (Lipinski definition) is 3. The molecule has 5 rings (SSSR count). The van der Waals surface area contributed by atoms with Gasteiger partial charge in [0.05, 0.1) is 12.5 Å². The largest absolute Gasteiger partial charge is 0.390 e. The molecular formula is C34H46ClFN4O4. The number of likely N-dealkylation sites (tertiary alicyclic amines) is 1. The van der Waals surface area contributed by atoms with Crippen molar-refractivity contribution in [1.82, 2.24) is 15.1 Å². The zero-order valence-electron chi connectivity index (χ0n) is 25.6. The number of amides is 3. The van der Waals surface area contributed by atoms with Gasteiger partial charge in [-0.25, -0.2) is 4.39 Å². The number of halogens is 2. The quantitative estimate of drug-likeness (QED) is 0.350. The number of aliphatic hydroxyl groups is 1. The maximum Gasteiger partial charge on any atom is 0.248 e. The molecule has 0 unspecified atom stereocenters. The van der Waals surface area contributed by atoms with E-state index >= 15 is 0 Å². The molecule has 3 N–H and O–H groups in total. The first kappa shape index (κ1) is 33.9. The van der Waals surface area contributed by atoms with Crippen LogP contribution in [-0.4, -0.2) is 69.9 Å². The number of piperazine rings is 1. The van der Waals surface area contributed by atoms with Crippen molar-refractivity contribution >= 4 is 35.8 Å². The number of benzene rings is 2. The standard InChI is InChI=1S/C34H45FN4O4.ClH/c1-2-3-19-39-32(42)30(31(41)26-7-5-4-6-8-26)37-33(43)34(39)17-20-38(21-18-34)23-25-11-15-28(16-12-25)36-29(40)22-24-9-13-27(35)14-10-24;/h9-16,26,30-31,41H,2-8,17-23H2,1H3,(H,36,40)(H,37,43);1H/t30-,31-;/m1./s1. The van der Waals surface area contributed by atoms with Crippen LogP contribution in [0.5, 0.6) is 0 Å². The number of aliphatic hydroxyl groups excluding tert-OH is 1. The minimum absolute atomic E-state index is 0. The number of nitrogens with zero attached hydrogens (tertiary/aromatic N) is 2. The van der Waals surface area contributed by atoms with Crippen LogP contribution in [0, 0.1) is 11.7 Å². The van der Waals surface area contributed by atoms with E-state index in [9.17, 15) is 23.9 Å². The van der Waals surface area contributed by atoms with E-state index in [-0.39, 0.29) is 48.3 Å². The van der Waals surface area contributed by atoms with Crippen LogP contribution in [0.25, 0.3) is 0 Å². The molecule has 0 bridgehead atoms. The molecule has 3 amide bonds.